The first-order chi connectivity index (χ1) is 12.8. The Morgan fingerprint density at radius 1 is 1.00 bits per heavy atom. The first-order valence-corrected chi connectivity index (χ1v) is 9.65. The van der Waals surface area contributed by atoms with E-state index in [9.17, 15) is 13.2 Å². The summed E-state index contributed by atoms with van der Waals surface area (Å²) in [5.41, 5.74) is 1.74. The Balaban J connectivity index is 0.00000280. The van der Waals surface area contributed by atoms with Gasteiger partial charge in [0.2, 0.25) is 10.0 Å². The Kier molecular flexibility index (Phi) is 5.25. The summed E-state index contributed by atoms with van der Waals surface area (Å²) in [5.74, 6) is 0.572. The molecule has 3 N–H and O–H groups in total. The number of carbonyl (C=O) groups is 1. The molecule has 0 spiro atoms. The van der Waals surface area contributed by atoms with Crippen molar-refractivity contribution in [2.45, 2.75) is 11.8 Å². The van der Waals surface area contributed by atoms with Crippen molar-refractivity contribution in [2.75, 3.05) is 5.32 Å². The Morgan fingerprint density at radius 2 is 1.70 bits per heavy atom. The van der Waals surface area contributed by atoms with E-state index in [1.54, 1.807) is 30.3 Å². The van der Waals surface area contributed by atoms with Crippen LogP contribution in [0, 0.1) is 6.92 Å². The number of rotatable bonds is 5. The topological polar surface area (TPSA) is 98.5 Å². The number of aryl methyl sites for hydroxylation is 1. The monoisotopic (exact) mass is 388 g/mol. The average molecular weight is 388 g/mol. The molecule has 27 heavy (non-hydrogen) atoms. The fourth-order valence-corrected chi connectivity index (χ4v) is 2.99. The number of hydrogen-bond acceptors (Lipinski definition) is 4. The van der Waals surface area contributed by atoms with Gasteiger partial charge in [-0.25, -0.2) is 13.6 Å². The molecule has 3 aromatic rings. The van der Waals surface area contributed by atoms with Gasteiger partial charge in [0.15, 0.2) is 0 Å². The van der Waals surface area contributed by atoms with Gasteiger partial charge in [0, 0.05) is 9.97 Å². The van der Waals surface area contributed by atoms with Gasteiger partial charge < -0.3 is 10.1 Å². The molecule has 6 nitrogen and oxygen atoms in total. The smallest absolute Gasteiger partial charge is 0.259 e. The van der Waals surface area contributed by atoms with E-state index in [0.717, 1.165) is 5.56 Å². The van der Waals surface area contributed by atoms with Crippen molar-refractivity contribution in [2.24, 2.45) is 5.14 Å². The molecule has 3 aromatic carbocycles. The van der Waals surface area contributed by atoms with Crippen molar-refractivity contribution in [3.05, 3.63) is 83.9 Å². The third kappa shape index (κ3) is 4.72. The van der Waals surface area contributed by atoms with Crippen molar-refractivity contribution >= 4 is 21.6 Å². The van der Waals surface area contributed by atoms with Gasteiger partial charge in [0.05, 0.1) is 10.5 Å². The van der Waals surface area contributed by atoms with E-state index in [4.69, 9.17) is 9.88 Å². The van der Waals surface area contributed by atoms with Crippen LogP contribution in [0.1, 0.15) is 20.2 Å². The zero-order chi connectivity index (χ0) is 19.4. The highest BCUT2D eigenvalue weighted by Crippen LogP contribution is 2.26. The second kappa shape index (κ2) is 7.61. The van der Waals surface area contributed by atoms with Crippen molar-refractivity contribution in [3.63, 3.8) is 0 Å². The van der Waals surface area contributed by atoms with E-state index in [2.05, 4.69) is 5.32 Å². The predicted molar refractivity (Wildman–Crippen MR) is 110 cm³/mol. The van der Waals surface area contributed by atoms with E-state index in [1.807, 2.05) is 31.2 Å². The summed E-state index contributed by atoms with van der Waals surface area (Å²) >= 11 is 0. The average Bonchev–Trinajstić information content (AvgIpc) is 2.63. The lowest BCUT2D eigenvalue weighted by molar-refractivity contribution is 0.102. The van der Waals surface area contributed by atoms with Crippen LogP contribution >= 0.6 is 0 Å². The van der Waals surface area contributed by atoms with Crippen LogP contribution in [0.5, 0.6) is 11.5 Å². The molecule has 0 unspecified atom stereocenters. The minimum absolute atomic E-state index is 0. The molecule has 0 bridgehead atoms. The van der Waals surface area contributed by atoms with E-state index >= 15 is 0 Å². The Labute approximate surface area is 162 Å². The van der Waals surface area contributed by atoms with Crippen molar-refractivity contribution in [3.8, 4) is 11.5 Å². The number of para-hydroxylation sites is 1. The summed E-state index contributed by atoms with van der Waals surface area (Å²) in [6, 6.07) is 20.0. The quantitative estimate of drug-likeness (QED) is 0.675. The standard InChI is InChI=1S/C20H18N2O4S.3H2/c1-14-9-11-16(12-10-14)26-19-8-3-2-7-18(19)20(23)22-15-5-4-6-17(13-15)27(21,24)25;;;/h2-13H,1H3,(H,22,23)(H2,21,24,25);3*1H. The van der Waals surface area contributed by atoms with E-state index in [0.29, 0.717) is 22.7 Å². The molecular formula is C20H24N2O4S. The highest BCUT2D eigenvalue weighted by atomic mass is 32.2. The number of hydrogen-bond donors (Lipinski definition) is 2. The Morgan fingerprint density at radius 3 is 2.41 bits per heavy atom. The van der Waals surface area contributed by atoms with Crippen LogP contribution < -0.4 is 15.2 Å². The molecule has 3 rings (SSSR count). The maximum atomic E-state index is 12.7. The molecule has 144 valence electrons. The number of ether oxygens (including phenoxy) is 1. The van der Waals surface area contributed by atoms with Crippen LogP contribution in [-0.2, 0) is 10.0 Å². The van der Waals surface area contributed by atoms with Gasteiger partial charge >= 0.3 is 0 Å². The van der Waals surface area contributed by atoms with Crippen LogP contribution in [0.25, 0.3) is 0 Å². The minimum Gasteiger partial charge on any atom is -0.457 e. The highest BCUT2D eigenvalue weighted by molar-refractivity contribution is 7.89. The molecule has 0 atom stereocenters. The molecule has 0 heterocycles. The lowest BCUT2D eigenvalue weighted by Gasteiger charge is -2.12. The number of amides is 1. The maximum absolute atomic E-state index is 12.7. The molecule has 0 saturated carbocycles. The number of nitrogens with two attached hydrogens (primary N) is 1. The fraction of sp³-hybridized carbons (Fsp3) is 0.0500. The van der Waals surface area contributed by atoms with Crippen LogP contribution in [-0.4, -0.2) is 14.3 Å². The summed E-state index contributed by atoms with van der Waals surface area (Å²) in [6.45, 7) is 1.97. The van der Waals surface area contributed by atoms with Gasteiger partial charge in [0.1, 0.15) is 11.5 Å². The number of nitrogens with one attached hydrogen (secondary N) is 1. The molecule has 0 aliphatic heterocycles. The van der Waals surface area contributed by atoms with Crippen molar-refractivity contribution < 1.29 is 22.2 Å². The largest absolute Gasteiger partial charge is 0.457 e. The number of sulfonamides is 1. The Hall–Kier alpha value is -3.16. The summed E-state index contributed by atoms with van der Waals surface area (Å²) in [5, 5.41) is 7.79. The van der Waals surface area contributed by atoms with Crippen molar-refractivity contribution in [1.82, 2.24) is 0 Å². The molecule has 7 heteroatoms. The number of primary sulfonamides is 1. The second-order valence-electron chi connectivity index (χ2n) is 5.94. The summed E-state index contributed by atoms with van der Waals surface area (Å²) in [4.78, 5) is 12.6. The first-order valence-electron chi connectivity index (χ1n) is 8.11. The lowest BCUT2D eigenvalue weighted by atomic mass is 10.1. The SMILES string of the molecule is Cc1ccc(Oc2ccccc2C(=O)Nc2cccc(S(N)(=O)=O)c2)cc1.[HH].[HH].[HH]. The van der Waals surface area contributed by atoms with Crippen LogP contribution in [0.15, 0.2) is 77.7 Å². The number of anilines is 1. The molecule has 0 saturated heterocycles. The molecule has 1 amide bonds. The number of benzene rings is 3. The zero-order valence-corrected chi connectivity index (χ0v) is 15.4. The summed E-state index contributed by atoms with van der Waals surface area (Å²) in [6.07, 6.45) is 0. The second-order valence-corrected chi connectivity index (χ2v) is 7.50. The van der Waals surface area contributed by atoms with E-state index in [-0.39, 0.29) is 9.18 Å². The minimum atomic E-state index is -3.85. The van der Waals surface area contributed by atoms with Gasteiger partial charge in [0.25, 0.3) is 5.91 Å². The fourth-order valence-electron chi connectivity index (χ4n) is 2.43. The van der Waals surface area contributed by atoms with E-state index < -0.39 is 15.9 Å². The van der Waals surface area contributed by atoms with E-state index in [1.165, 1.54) is 18.2 Å². The van der Waals surface area contributed by atoms with Gasteiger partial charge in [-0.15, -0.1) is 0 Å². The maximum Gasteiger partial charge on any atom is 0.259 e. The van der Waals surface area contributed by atoms with Gasteiger partial charge in [-0.3, -0.25) is 4.79 Å². The highest BCUT2D eigenvalue weighted by Gasteiger charge is 2.14. The van der Waals surface area contributed by atoms with Gasteiger partial charge in [-0.1, -0.05) is 35.9 Å². The van der Waals surface area contributed by atoms with Crippen LogP contribution in [0.2, 0.25) is 0 Å². The lowest BCUT2D eigenvalue weighted by Crippen LogP contribution is -2.15. The third-order valence-electron chi connectivity index (χ3n) is 3.80. The summed E-state index contributed by atoms with van der Waals surface area (Å²) in [7, 11) is -3.85. The summed E-state index contributed by atoms with van der Waals surface area (Å²) < 4.78 is 28.8. The van der Waals surface area contributed by atoms with Crippen LogP contribution in [0.4, 0.5) is 5.69 Å². The Bertz CT molecular complexity index is 1090. The normalized spacial score (nSPS) is 11.0. The molecule has 0 fully saturated rings. The first kappa shape index (κ1) is 18.6. The molecule has 0 radical (unpaired) electrons. The molecule has 0 aliphatic carbocycles. The third-order valence-corrected chi connectivity index (χ3v) is 4.71. The number of carbonyl (C=O) groups excluding carboxylic acids is 1. The molecule has 0 aromatic heterocycles. The van der Waals surface area contributed by atoms with Crippen molar-refractivity contribution in [1.29, 1.82) is 0 Å². The van der Waals surface area contributed by atoms with Gasteiger partial charge in [-0.05, 0) is 49.4 Å². The molecule has 0 aliphatic rings. The predicted octanol–water partition coefficient (Wildman–Crippen LogP) is 4.43. The zero-order valence-electron chi connectivity index (χ0n) is 14.5. The van der Waals surface area contributed by atoms with Crippen LogP contribution in [0.3, 0.4) is 0 Å². The van der Waals surface area contributed by atoms with Gasteiger partial charge in [-0.2, -0.15) is 0 Å². The molecular weight excluding hydrogens is 364 g/mol.